The number of hydrogen-bond acceptors (Lipinski definition) is 4. The van der Waals surface area contributed by atoms with Gasteiger partial charge in [-0.05, 0) is 25.7 Å². The molecule has 4 rings (SSSR count). The van der Waals surface area contributed by atoms with Gasteiger partial charge >= 0.3 is 0 Å². The van der Waals surface area contributed by atoms with E-state index >= 15 is 0 Å². The van der Waals surface area contributed by atoms with E-state index in [1.165, 1.54) is 44.9 Å². The van der Waals surface area contributed by atoms with Crippen molar-refractivity contribution < 1.29 is 0 Å². The number of benzene rings is 1. The van der Waals surface area contributed by atoms with E-state index < -0.39 is 0 Å². The fourth-order valence-electron chi connectivity index (χ4n) is 3.21. The second-order valence-electron chi connectivity index (χ2n) is 6.73. The average Bonchev–Trinajstić information content (AvgIpc) is 3.40. The van der Waals surface area contributed by atoms with Crippen molar-refractivity contribution in [2.24, 2.45) is 0 Å². The third-order valence-electron chi connectivity index (χ3n) is 4.66. The molecule has 2 fully saturated rings. The van der Waals surface area contributed by atoms with Crippen LogP contribution in [0.25, 0.3) is 11.3 Å². The number of hydrogen-bond donors (Lipinski definition) is 2. The van der Waals surface area contributed by atoms with Gasteiger partial charge in [-0.25, -0.2) is 4.98 Å². The molecule has 4 heteroatoms. The first-order chi connectivity index (χ1) is 11.4. The molecular formula is C19H24N4. The van der Waals surface area contributed by atoms with E-state index in [2.05, 4.69) is 41.0 Å². The van der Waals surface area contributed by atoms with E-state index in [1.807, 2.05) is 6.07 Å². The number of anilines is 2. The van der Waals surface area contributed by atoms with Gasteiger partial charge in [-0.15, -0.1) is 0 Å². The van der Waals surface area contributed by atoms with Crippen molar-refractivity contribution in [1.82, 2.24) is 9.97 Å². The topological polar surface area (TPSA) is 49.8 Å². The molecule has 1 heterocycles. The SMILES string of the molecule is c1ccc(-c2cc(NC3CC3)nc(NC3CCCCC3)n2)cc1. The minimum Gasteiger partial charge on any atom is -0.367 e. The molecule has 2 aliphatic rings. The molecule has 2 aromatic rings. The quantitative estimate of drug-likeness (QED) is 0.856. The minimum absolute atomic E-state index is 0.517. The Morgan fingerprint density at radius 2 is 1.52 bits per heavy atom. The summed E-state index contributed by atoms with van der Waals surface area (Å²) in [4.78, 5) is 9.46. The lowest BCUT2D eigenvalue weighted by atomic mass is 9.96. The zero-order chi connectivity index (χ0) is 15.5. The van der Waals surface area contributed by atoms with E-state index in [4.69, 9.17) is 9.97 Å². The minimum atomic E-state index is 0.517. The summed E-state index contributed by atoms with van der Waals surface area (Å²) in [6.07, 6.45) is 8.92. The molecule has 120 valence electrons. The maximum absolute atomic E-state index is 4.76. The summed E-state index contributed by atoms with van der Waals surface area (Å²) in [5, 5.41) is 7.08. The molecule has 0 spiro atoms. The van der Waals surface area contributed by atoms with Crippen LogP contribution in [0.2, 0.25) is 0 Å². The predicted molar refractivity (Wildman–Crippen MR) is 94.6 cm³/mol. The van der Waals surface area contributed by atoms with Crippen LogP contribution in [-0.4, -0.2) is 22.1 Å². The normalized spacial score (nSPS) is 18.6. The molecule has 0 radical (unpaired) electrons. The molecule has 2 aliphatic carbocycles. The van der Waals surface area contributed by atoms with Gasteiger partial charge in [-0.3, -0.25) is 0 Å². The Bertz CT molecular complexity index is 646. The number of nitrogens with one attached hydrogen (secondary N) is 2. The standard InChI is InChI=1S/C19H24N4/c1-3-7-14(8-4-1)17-13-18(20-16-11-12-16)23-19(22-17)21-15-9-5-2-6-10-15/h1,3-4,7-8,13,15-16H,2,5-6,9-12H2,(H2,20,21,22,23). The fourth-order valence-corrected chi connectivity index (χ4v) is 3.21. The Morgan fingerprint density at radius 3 is 2.26 bits per heavy atom. The maximum Gasteiger partial charge on any atom is 0.225 e. The number of rotatable bonds is 5. The zero-order valence-electron chi connectivity index (χ0n) is 13.5. The van der Waals surface area contributed by atoms with Crippen LogP contribution >= 0.6 is 0 Å². The molecule has 0 bridgehead atoms. The summed E-state index contributed by atoms with van der Waals surface area (Å²) < 4.78 is 0. The molecule has 2 saturated carbocycles. The first kappa shape index (κ1) is 14.5. The Hall–Kier alpha value is -2.10. The lowest BCUT2D eigenvalue weighted by Crippen LogP contribution is -2.23. The van der Waals surface area contributed by atoms with Gasteiger partial charge in [-0.1, -0.05) is 49.6 Å². The van der Waals surface area contributed by atoms with Crippen LogP contribution in [-0.2, 0) is 0 Å². The van der Waals surface area contributed by atoms with Crippen LogP contribution in [0.1, 0.15) is 44.9 Å². The predicted octanol–water partition coefficient (Wildman–Crippen LogP) is 4.46. The van der Waals surface area contributed by atoms with Gasteiger partial charge in [0.15, 0.2) is 0 Å². The molecule has 0 aliphatic heterocycles. The molecule has 0 amide bonds. The lowest BCUT2D eigenvalue weighted by molar-refractivity contribution is 0.461. The lowest BCUT2D eigenvalue weighted by Gasteiger charge is -2.23. The summed E-state index contributed by atoms with van der Waals surface area (Å²) in [5.41, 5.74) is 2.13. The Labute approximate surface area is 137 Å². The van der Waals surface area contributed by atoms with Crippen LogP contribution in [0.3, 0.4) is 0 Å². The summed E-state index contributed by atoms with van der Waals surface area (Å²) in [6.45, 7) is 0. The highest BCUT2D eigenvalue weighted by molar-refractivity contribution is 5.64. The van der Waals surface area contributed by atoms with E-state index in [9.17, 15) is 0 Å². The van der Waals surface area contributed by atoms with Crippen LogP contribution in [0.4, 0.5) is 11.8 Å². The number of aromatic nitrogens is 2. The van der Waals surface area contributed by atoms with E-state index in [0.29, 0.717) is 12.1 Å². The maximum atomic E-state index is 4.76. The Morgan fingerprint density at radius 1 is 0.783 bits per heavy atom. The first-order valence-corrected chi connectivity index (χ1v) is 8.84. The molecule has 0 atom stereocenters. The van der Waals surface area contributed by atoms with Gasteiger partial charge in [0, 0.05) is 23.7 Å². The Balaban J connectivity index is 1.60. The van der Waals surface area contributed by atoms with Crippen molar-refractivity contribution in [1.29, 1.82) is 0 Å². The van der Waals surface area contributed by atoms with Crippen molar-refractivity contribution in [2.75, 3.05) is 10.6 Å². The van der Waals surface area contributed by atoms with E-state index in [-0.39, 0.29) is 0 Å². The second-order valence-corrected chi connectivity index (χ2v) is 6.73. The first-order valence-electron chi connectivity index (χ1n) is 8.84. The summed E-state index contributed by atoms with van der Waals surface area (Å²) in [5.74, 6) is 1.71. The molecule has 4 nitrogen and oxygen atoms in total. The molecular weight excluding hydrogens is 284 g/mol. The van der Waals surface area contributed by atoms with Crippen molar-refractivity contribution in [2.45, 2.75) is 57.0 Å². The highest BCUT2D eigenvalue weighted by Gasteiger charge is 2.22. The molecule has 1 aromatic heterocycles. The highest BCUT2D eigenvalue weighted by atomic mass is 15.2. The summed E-state index contributed by atoms with van der Waals surface area (Å²) >= 11 is 0. The van der Waals surface area contributed by atoms with Crippen LogP contribution in [0.15, 0.2) is 36.4 Å². The van der Waals surface area contributed by atoms with E-state index in [1.54, 1.807) is 0 Å². The van der Waals surface area contributed by atoms with Crippen LogP contribution in [0, 0.1) is 0 Å². The third-order valence-corrected chi connectivity index (χ3v) is 4.66. The van der Waals surface area contributed by atoms with Crippen LogP contribution < -0.4 is 10.6 Å². The second kappa shape index (κ2) is 6.57. The molecule has 0 saturated heterocycles. The molecule has 23 heavy (non-hydrogen) atoms. The summed E-state index contributed by atoms with van der Waals surface area (Å²) in [6, 6.07) is 13.5. The molecule has 2 N–H and O–H groups in total. The van der Waals surface area contributed by atoms with Gasteiger partial charge in [0.25, 0.3) is 0 Å². The third kappa shape index (κ3) is 3.81. The van der Waals surface area contributed by atoms with Gasteiger partial charge < -0.3 is 10.6 Å². The van der Waals surface area contributed by atoms with Crippen LogP contribution in [0.5, 0.6) is 0 Å². The smallest absolute Gasteiger partial charge is 0.225 e. The fraction of sp³-hybridized carbons (Fsp3) is 0.474. The van der Waals surface area contributed by atoms with Crippen molar-refractivity contribution >= 4 is 11.8 Å². The number of nitrogens with zero attached hydrogens (tertiary/aromatic N) is 2. The van der Waals surface area contributed by atoms with Gasteiger partial charge in [0.05, 0.1) is 5.69 Å². The van der Waals surface area contributed by atoms with Gasteiger partial charge in [0.1, 0.15) is 5.82 Å². The van der Waals surface area contributed by atoms with Crippen molar-refractivity contribution in [3.8, 4) is 11.3 Å². The zero-order valence-corrected chi connectivity index (χ0v) is 13.5. The van der Waals surface area contributed by atoms with Crippen molar-refractivity contribution in [3.63, 3.8) is 0 Å². The molecule has 0 unspecified atom stereocenters. The van der Waals surface area contributed by atoms with E-state index in [0.717, 1.165) is 23.0 Å². The van der Waals surface area contributed by atoms with Crippen molar-refractivity contribution in [3.05, 3.63) is 36.4 Å². The highest BCUT2D eigenvalue weighted by Crippen LogP contribution is 2.28. The largest absolute Gasteiger partial charge is 0.367 e. The molecule has 1 aromatic carbocycles. The summed E-state index contributed by atoms with van der Waals surface area (Å²) in [7, 11) is 0. The average molecular weight is 308 g/mol. The monoisotopic (exact) mass is 308 g/mol. The Kier molecular flexibility index (Phi) is 4.14. The van der Waals surface area contributed by atoms with Gasteiger partial charge in [0.2, 0.25) is 5.95 Å². The van der Waals surface area contributed by atoms with Gasteiger partial charge in [-0.2, -0.15) is 4.98 Å².